The number of carbonyl (C=O) groups is 2. The Morgan fingerprint density at radius 2 is 1.64 bits per heavy atom. The minimum atomic E-state index is -1.01. The van der Waals surface area contributed by atoms with E-state index in [9.17, 15) is 14.7 Å². The number of hydrogen-bond donors (Lipinski definition) is 2. The Bertz CT molecular complexity index is 667. The molecule has 0 aliphatic heterocycles. The highest BCUT2D eigenvalue weighted by molar-refractivity contribution is 5.70. The third kappa shape index (κ3) is 2.79. The number of rotatable bonds is 6. The summed E-state index contributed by atoms with van der Waals surface area (Å²) < 4.78 is 5.35. The molecule has 4 bridgehead atoms. The summed E-state index contributed by atoms with van der Waals surface area (Å²) >= 11 is 0. The van der Waals surface area contributed by atoms with Gasteiger partial charge in [0.25, 0.3) is 0 Å². The SMILES string of the molecule is O=C(O)COc1cccc(C2(CC(=O)O)C3CC4CC(C3)CC2C4)c1. The minimum Gasteiger partial charge on any atom is -0.482 e. The monoisotopic (exact) mass is 344 g/mol. The molecule has 2 N–H and O–H groups in total. The Balaban J connectivity index is 1.71. The van der Waals surface area contributed by atoms with Crippen molar-refractivity contribution >= 4 is 11.9 Å². The molecule has 1 aromatic rings. The number of hydrogen-bond acceptors (Lipinski definition) is 3. The van der Waals surface area contributed by atoms with Gasteiger partial charge in [-0.3, -0.25) is 4.79 Å². The molecule has 4 fully saturated rings. The summed E-state index contributed by atoms with van der Waals surface area (Å²) in [5, 5.41) is 18.5. The number of carboxylic acids is 2. The van der Waals surface area contributed by atoms with Crippen molar-refractivity contribution in [3.8, 4) is 5.75 Å². The Hall–Kier alpha value is -2.04. The molecule has 0 aromatic heterocycles. The molecule has 1 aromatic carbocycles. The summed E-state index contributed by atoms with van der Waals surface area (Å²) in [4.78, 5) is 22.5. The van der Waals surface area contributed by atoms with Crippen molar-refractivity contribution < 1.29 is 24.5 Å². The molecule has 25 heavy (non-hydrogen) atoms. The van der Waals surface area contributed by atoms with Crippen molar-refractivity contribution in [1.82, 2.24) is 0 Å². The van der Waals surface area contributed by atoms with E-state index in [1.807, 2.05) is 18.2 Å². The van der Waals surface area contributed by atoms with Gasteiger partial charge in [-0.1, -0.05) is 12.1 Å². The van der Waals surface area contributed by atoms with Gasteiger partial charge < -0.3 is 14.9 Å². The van der Waals surface area contributed by atoms with Crippen LogP contribution in [0.5, 0.6) is 5.75 Å². The maximum Gasteiger partial charge on any atom is 0.341 e. The Morgan fingerprint density at radius 1 is 1.00 bits per heavy atom. The van der Waals surface area contributed by atoms with Crippen LogP contribution in [0.25, 0.3) is 0 Å². The Morgan fingerprint density at radius 3 is 2.20 bits per heavy atom. The van der Waals surface area contributed by atoms with E-state index in [1.165, 1.54) is 6.42 Å². The fourth-order valence-electron chi connectivity index (χ4n) is 6.16. The van der Waals surface area contributed by atoms with E-state index < -0.39 is 11.9 Å². The lowest BCUT2D eigenvalue weighted by atomic mass is 9.43. The molecule has 0 atom stereocenters. The molecule has 5 nitrogen and oxygen atoms in total. The molecule has 0 saturated heterocycles. The van der Waals surface area contributed by atoms with Gasteiger partial charge in [-0.15, -0.1) is 0 Å². The quantitative estimate of drug-likeness (QED) is 0.827. The highest BCUT2D eigenvalue weighted by atomic mass is 16.5. The van der Waals surface area contributed by atoms with Crippen LogP contribution in [0.3, 0.4) is 0 Å². The number of ether oxygens (including phenoxy) is 1. The zero-order chi connectivity index (χ0) is 17.6. The lowest BCUT2D eigenvalue weighted by Gasteiger charge is -2.61. The first-order valence-electron chi connectivity index (χ1n) is 9.14. The van der Waals surface area contributed by atoms with Gasteiger partial charge in [0.15, 0.2) is 6.61 Å². The predicted molar refractivity (Wildman–Crippen MR) is 90.5 cm³/mol. The van der Waals surface area contributed by atoms with Crippen molar-refractivity contribution in [2.24, 2.45) is 23.7 Å². The summed E-state index contributed by atoms with van der Waals surface area (Å²) in [5.41, 5.74) is 0.688. The molecule has 0 heterocycles. The molecule has 4 aliphatic rings. The lowest BCUT2D eigenvalue weighted by Crippen LogP contribution is -2.56. The molecule has 4 aliphatic carbocycles. The van der Waals surface area contributed by atoms with Crippen LogP contribution in [-0.4, -0.2) is 28.8 Å². The molecule has 4 saturated carbocycles. The molecule has 134 valence electrons. The van der Waals surface area contributed by atoms with Crippen LogP contribution < -0.4 is 4.74 Å². The Kier molecular flexibility index (Phi) is 3.97. The Labute approximate surface area is 147 Å². The molecule has 0 spiro atoms. The van der Waals surface area contributed by atoms with Gasteiger partial charge in [0, 0.05) is 5.41 Å². The van der Waals surface area contributed by atoms with E-state index in [-0.39, 0.29) is 18.4 Å². The fourth-order valence-corrected chi connectivity index (χ4v) is 6.16. The molecule has 0 radical (unpaired) electrons. The maximum absolute atomic E-state index is 11.8. The molecule has 5 heteroatoms. The summed E-state index contributed by atoms with van der Waals surface area (Å²) in [6.45, 7) is -0.383. The zero-order valence-electron chi connectivity index (χ0n) is 14.2. The summed E-state index contributed by atoms with van der Waals surface area (Å²) in [6.07, 6.45) is 5.98. The van der Waals surface area contributed by atoms with Crippen molar-refractivity contribution in [2.45, 2.75) is 43.9 Å². The smallest absolute Gasteiger partial charge is 0.341 e. The third-order valence-electron chi connectivity index (χ3n) is 6.77. The number of aliphatic carboxylic acids is 2. The van der Waals surface area contributed by atoms with Crippen LogP contribution >= 0.6 is 0 Å². The van der Waals surface area contributed by atoms with Crippen molar-refractivity contribution in [2.75, 3.05) is 6.61 Å². The van der Waals surface area contributed by atoms with E-state index in [0.29, 0.717) is 17.6 Å². The first kappa shape index (κ1) is 16.4. The second kappa shape index (κ2) is 6.04. The second-order valence-electron chi connectivity index (χ2n) is 8.13. The molecule has 5 rings (SSSR count). The van der Waals surface area contributed by atoms with Gasteiger partial charge in [-0.25, -0.2) is 4.79 Å². The van der Waals surface area contributed by atoms with E-state index in [2.05, 4.69) is 0 Å². The largest absolute Gasteiger partial charge is 0.482 e. The van der Waals surface area contributed by atoms with Crippen LogP contribution in [-0.2, 0) is 15.0 Å². The first-order valence-corrected chi connectivity index (χ1v) is 9.14. The second-order valence-corrected chi connectivity index (χ2v) is 8.13. The molecular weight excluding hydrogens is 320 g/mol. The highest BCUT2D eigenvalue weighted by Crippen LogP contribution is 2.64. The average molecular weight is 344 g/mol. The van der Waals surface area contributed by atoms with Crippen LogP contribution in [0.1, 0.15) is 44.1 Å². The van der Waals surface area contributed by atoms with Crippen LogP contribution in [0.2, 0.25) is 0 Å². The van der Waals surface area contributed by atoms with Gasteiger partial charge in [-0.2, -0.15) is 0 Å². The van der Waals surface area contributed by atoms with Crippen LogP contribution in [0, 0.1) is 23.7 Å². The topological polar surface area (TPSA) is 83.8 Å². The molecule has 0 amide bonds. The van der Waals surface area contributed by atoms with Gasteiger partial charge in [0.1, 0.15) is 5.75 Å². The third-order valence-corrected chi connectivity index (χ3v) is 6.77. The normalized spacial score (nSPS) is 35.5. The maximum atomic E-state index is 11.8. The number of benzene rings is 1. The van der Waals surface area contributed by atoms with Gasteiger partial charge in [0.2, 0.25) is 0 Å². The summed E-state index contributed by atoms with van der Waals surface area (Å²) in [5.74, 6) is 1.10. The van der Waals surface area contributed by atoms with E-state index in [1.54, 1.807) is 6.07 Å². The van der Waals surface area contributed by atoms with Gasteiger partial charge in [-0.05, 0) is 73.5 Å². The average Bonchev–Trinajstić information content (AvgIpc) is 2.56. The van der Waals surface area contributed by atoms with E-state index in [0.717, 1.165) is 43.1 Å². The number of carboxylic acid groups (broad SMARTS) is 2. The predicted octanol–water partition coefficient (Wildman–Crippen LogP) is 3.32. The summed E-state index contributed by atoms with van der Waals surface area (Å²) in [7, 11) is 0. The molecular formula is C20H24O5. The van der Waals surface area contributed by atoms with Crippen molar-refractivity contribution in [1.29, 1.82) is 0 Å². The minimum absolute atomic E-state index is 0.157. The lowest BCUT2D eigenvalue weighted by molar-refractivity contribution is -0.145. The van der Waals surface area contributed by atoms with E-state index >= 15 is 0 Å². The molecule has 0 unspecified atom stereocenters. The van der Waals surface area contributed by atoms with Crippen LogP contribution in [0.4, 0.5) is 0 Å². The van der Waals surface area contributed by atoms with Crippen molar-refractivity contribution in [3.05, 3.63) is 29.8 Å². The first-order chi connectivity index (χ1) is 12.0. The highest BCUT2D eigenvalue weighted by Gasteiger charge is 2.58. The van der Waals surface area contributed by atoms with Crippen LogP contribution in [0.15, 0.2) is 24.3 Å². The fraction of sp³-hybridized carbons (Fsp3) is 0.600. The zero-order valence-corrected chi connectivity index (χ0v) is 14.2. The van der Waals surface area contributed by atoms with Gasteiger partial charge >= 0.3 is 11.9 Å². The van der Waals surface area contributed by atoms with Gasteiger partial charge in [0.05, 0.1) is 6.42 Å². The standard InChI is InChI=1S/C20H24O5/c21-18(22)10-20(14-2-1-3-17(9-14)25-11-19(23)24)15-5-12-4-13(7-15)8-16(20)6-12/h1-3,9,12-13,15-16H,4-8,10-11H2,(H,21,22)(H,23,24). The van der Waals surface area contributed by atoms with E-state index in [4.69, 9.17) is 9.84 Å². The summed E-state index contributed by atoms with van der Waals surface area (Å²) in [6, 6.07) is 7.51. The van der Waals surface area contributed by atoms with Crippen molar-refractivity contribution in [3.63, 3.8) is 0 Å².